The molecular weight excluding hydrogens is 290 g/mol. The first-order chi connectivity index (χ1) is 8.75. The number of nitrogens with one attached hydrogen (secondary N) is 1. The lowest BCUT2D eigenvalue weighted by Gasteiger charge is -2.18. The van der Waals surface area contributed by atoms with E-state index in [4.69, 9.17) is 11.6 Å². The fraction of sp³-hybridized carbons (Fsp3) is 0.545. The topological polar surface area (TPSA) is 73.5 Å². The highest BCUT2D eigenvalue weighted by Gasteiger charge is 2.21. The summed E-state index contributed by atoms with van der Waals surface area (Å²) in [5.41, 5.74) is -0.504. The number of aromatic amines is 1. The van der Waals surface area contributed by atoms with E-state index in [1.165, 1.54) is 11.4 Å². The molecule has 6 nitrogen and oxygen atoms in total. The quantitative estimate of drug-likeness (QED) is 0.835. The van der Waals surface area contributed by atoms with E-state index in [-0.39, 0.29) is 9.92 Å². The highest BCUT2D eigenvalue weighted by molar-refractivity contribution is 7.89. The number of H-pyrrole nitrogens is 1. The van der Waals surface area contributed by atoms with Crippen molar-refractivity contribution in [3.63, 3.8) is 0 Å². The molecule has 19 heavy (non-hydrogen) atoms. The van der Waals surface area contributed by atoms with Gasteiger partial charge in [-0.05, 0) is 33.1 Å². The minimum atomic E-state index is -3.62. The highest BCUT2D eigenvalue weighted by atomic mass is 35.5. The summed E-state index contributed by atoms with van der Waals surface area (Å²) < 4.78 is 25.7. The Morgan fingerprint density at radius 3 is 2.42 bits per heavy atom. The van der Waals surface area contributed by atoms with Crippen LogP contribution in [0.1, 0.15) is 6.42 Å². The van der Waals surface area contributed by atoms with Gasteiger partial charge in [-0.1, -0.05) is 11.6 Å². The molecule has 0 amide bonds. The second kappa shape index (κ2) is 6.51. The standard InChI is InChI=1S/C11H18ClN3O3S/c1-14(2)5-4-6-15(3)19(17,18)9-7-10(12)11(16)13-8-9/h7-8H,4-6H2,1-3H3,(H,13,16). The number of rotatable bonds is 6. The van der Waals surface area contributed by atoms with Gasteiger partial charge in [-0.3, -0.25) is 4.79 Å². The van der Waals surface area contributed by atoms with Crippen molar-refractivity contribution in [1.82, 2.24) is 14.2 Å². The predicted octanol–water partition coefficient (Wildman–Crippen LogP) is 0.600. The molecule has 1 aromatic rings. The number of halogens is 1. The molecule has 0 atom stereocenters. The van der Waals surface area contributed by atoms with Crippen molar-refractivity contribution in [3.05, 3.63) is 27.6 Å². The average Bonchev–Trinajstić information content (AvgIpc) is 2.31. The number of pyridine rings is 1. The van der Waals surface area contributed by atoms with Crippen LogP contribution in [0.5, 0.6) is 0 Å². The zero-order valence-electron chi connectivity index (χ0n) is 11.2. The summed E-state index contributed by atoms with van der Waals surface area (Å²) in [6, 6.07) is 1.16. The van der Waals surface area contributed by atoms with Gasteiger partial charge < -0.3 is 9.88 Å². The Morgan fingerprint density at radius 1 is 1.26 bits per heavy atom. The summed E-state index contributed by atoms with van der Waals surface area (Å²) in [4.78, 5) is 15.4. The van der Waals surface area contributed by atoms with Crippen molar-refractivity contribution >= 4 is 21.6 Å². The minimum absolute atomic E-state index is 0.00977. The second-order valence-corrected chi connectivity index (χ2v) is 6.95. The molecular formula is C11H18ClN3O3S. The van der Waals surface area contributed by atoms with E-state index < -0.39 is 15.6 Å². The number of hydrogen-bond donors (Lipinski definition) is 1. The molecule has 108 valence electrons. The Labute approximate surface area is 118 Å². The van der Waals surface area contributed by atoms with Crippen LogP contribution in [0.15, 0.2) is 22.0 Å². The molecule has 0 spiro atoms. The Kier molecular flexibility index (Phi) is 5.54. The van der Waals surface area contributed by atoms with Crippen molar-refractivity contribution in [2.75, 3.05) is 34.2 Å². The molecule has 0 aliphatic heterocycles. The number of hydrogen-bond acceptors (Lipinski definition) is 4. The van der Waals surface area contributed by atoms with Crippen molar-refractivity contribution < 1.29 is 8.42 Å². The highest BCUT2D eigenvalue weighted by Crippen LogP contribution is 2.15. The molecule has 0 unspecified atom stereocenters. The summed E-state index contributed by atoms with van der Waals surface area (Å²) in [5.74, 6) is 0. The minimum Gasteiger partial charge on any atom is -0.326 e. The molecule has 0 aromatic carbocycles. The third kappa shape index (κ3) is 4.31. The molecule has 1 rings (SSSR count). The number of aromatic nitrogens is 1. The van der Waals surface area contributed by atoms with E-state index in [0.717, 1.165) is 25.2 Å². The molecule has 0 aliphatic carbocycles. The van der Waals surface area contributed by atoms with Crippen LogP contribution < -0.4 is 5.56 Å². The Morgan fingerprint density at radius 2 is 1.89 bits per heavy atom. The molecule has 0 aliphatic rings. The lowest BCUT2D eigenvalue weighted by Crippen LogP contribution is -2.30. The Hall–Kier alpha value is -0.890. The maximum Gasteiger partial charge on any atom is 0.266 e. The maximum absolute atomic E-state index is 12.2. The monoisotopic (exact) mass is 307 g/mol. The summed E-state index contributed by atoms with van der Waals surface area (Å²) in [6.45, 7) is 1.20. The van der Waals surface area contributed by atoms with E-state index in [1.807, 2.05) is 19.0 Å². The molecule has 1 aromatic heterocycles. The lowest BCUT2D eigenvalue weighted by atomic mass is 10.4. The molecule has 0 fully saturated rings. The van der Waals surface area contributed by atoms with E-state index in [9.17, 15) is 13.2 Å². The van der Waals surface area contributed by atoms with Crippen molar-refractivity contribution in [1.29, 1.82) is 0 Å². The van der Waals surface area contributed by atoms with Gasteiger partial charge in [-0.15, -0.1) is 0 Å². The Bertz CT molecular complexity index is 583. The van der Waals surface area contributed by atoms with Crippen molar-refractivity contribution in [3.8, 4) is 0 Å². The smallest absolute Gasteiger partial charge is 0.266 e. The molecule has 0 saturated heterocycles. The molecule has 0 saturated carbocycles. The molecule has 8 heteroatoms. The number of sulfonamides is 1. The first-order valence-electron chi connectivity index (χ1n) is 5.74. The van der Waals surface area contributed by atoms with Gasteiger partial charge in [0.1, 0.15) is 5.02 Å². The normalized spacial score (nSPS) is 12.3. The zero-order valence-corrected chi connectivity index (χ0v) is 12.8. The fourth-order valence-electron chi connectivity index (χ4n) is 1.50. The van der Waals surface area contributed by atoms with Crippen LogP contribution in [0.3, 0.4) is 0 Å². The van der Waals surface area contributed by atoms with Gasteiger partial charge in [-0.2, -0.15) is 0 Å². The first kappa shape index (κ1) is 16.2. The third-order valence-electron chi connectivity index (χ3n) is 2.62. The van der Waals surface area contributed by atoms with Gasteiger partial charge in [0.2, 0.25) is 10.0 Å². The number of nitrogens with zero attached hydrogens (tertiary/aromatic N) is 2. The molecule has 1 N–H and O–H groups in total. The van der Waals surface area contributed by atoms with Crippen LogP contribution in [0.2, 0.25) is 5.02 Å². The van der Waals surface area contributed by atoms with E-state index in [0.29, 0.717) is 6.54 Å². The van der Waals surface area contributed by atoms with Gasteiger partial charge in [0.05, 0.1) is 4.90 Å². The maximum atomic E-state index is 12.2. The zero-order chi connectivity index (χ0) is 14.6. The largest absolute Gasteiger partial charge is 0.326 e. The van der Waals surface area contributed by atoms with Gasteiger partial charge in [-0.25, -0.2) is 12.7 Å². The lowest BCUT2D eigenvalue weighted by molar-refractivity contribution is 0.370. The summed E-state index contributed by atoms with van der Waals surface area (Å²) in [7, 11) is 1.74. The van der Waals surface area contributed by atoms with E-state index in [1.54, 1.807) is 0 Å². The third-order valence-corrected chi connectivity index (χ3v) is 4.73. The van der Waals surface area contributed by atoms with Crippen LogP contribution >= 0.6 is 11.6 Å². The van der Waals surface area contributed by atoms with Crippen LogP contribution in [-0.4, -0.2) is 56.8 Å². The van der Waals surface area contributed by atoms with Crippen molar-refractivity contribution in [2.24, 2.45) is 0 Å². The van der Waals surface area contributed by atoms with E-state index in [2.05, 4.69) is 4.98 Å². The molecule has 1 heterocycles. The second-order valence-electron chi connectivity index (χ2n) is 4.50. The van der Waals surface area contributed by atoms with Crippen LogP contribution in [0, 0.1) is 0 Å². The van der Waals surface area contributed by atoms with Gasteiger partial charge in [0.25, 0.3) is 5.56 Å². The van der Waals surface area contributed by atoms with Gasteiger partial charge in [0, 0.05) is 19.8 Å². The van der Waals surface area contributed by atoms with Gasteiger partial charge >= 0.3 is 0 Å². The Balaban J connectivity index is 2.84. The predicted molar refractivity (Wildman–Crippen MR) is 75.1 cm³/mol. The first-order valence-corrected chi connectivity index (χ1v) is 7.56. The van der Waals surface area contributed by atoms with Crippen LogP contribution in [0.25, 0.3) is 0 Å². The van der Waals surface area contributed by atoms with Crippen LogP contribution in [0.4, 0.5) is 0 Å². The summed E-state index contributed by atoms with van der Waals surface area (Å²) >= 11 is 5.64. The fourth-order valence-corrected chi connectivity index (χ4v) is 2.94. The summed E-state index contributed by atoms with van der Waals surface area (Å²) in [6.07, 6.45) is 1.88. The SMILES string of the molecule is CN(C)CCCN(C)S(=O)(=O)c1c[nH]c(=O)c(Cl)c1. The molecule has 0 radical (unpaired) electrons. The van der Waals surface area contributed by atoms with E-state index >= 15 is 0 Å². The van der Waals surface area contributed by atoms with Gasteiger partial charge in [0.15, 0.2) is 0 Å². The average molecular weight is 308 g/mol. The summed E-state index contributed by atoms with van der Waals surface area (Å²) in [5, 5.41) is -0.136. The van der Waals surface area contributed by atoms with Crippen LogP contribution in [-0.2, 0) is 10.0 Å². The molecule has 0 bridgehead atoms. The van der Waals surface area contributed by atoms with Crippen molar-refractivity contribution in [2.45, 2.75) is 11.3 Å².